The molecule has 1 amide bonds. The predicted octanol–water partition coefficient (Wildman–Crippen LogP) is 6.73. The van der Waals surface area contributed by atoms with Gasteiger partial charge in [0, 0.05) is 34.9 Å². The van der Waals surface area contributed by atoms with Crippen LogP contribution in [0, 0.1) is 6.92 Å². The van der Waals surface area contributed by atoms with Crippen LogP contribution in [0.2, 0.25) is 5.02 Å². The van der Waals surface area contributed by atoms with Crippen LogP contribution in [-0.4, -0.2) is 19.2 Å². The van der Waals surface area contributed by atoms with Gasteiger partial charge >= 0.3 is 0 Å². The molecule has 178 valence electrons. The number of para-hydroxylation sites is 1. The van der Waals surface area contributed by atoms with Crippen LogP contribution in [0.15, 0.2) is 95.7 Å². The zero-order valence-electron chi connectivity index (χ0n) is 20.0. The second-order valence-corrected chi connectivity index (χ2v) is 9.18. The van der Waals surface area contributed by atoms with E-state index < -0.39 is 0 Å². The van der Waals surface area contributed by atoms with Gasteiger partial charge in [-0.2, -0.15) is 5.10 Å². The molecule has 0 spiro atoms. The van der Waals surface area contributed by atoms with E-state index in [9.17, 15) is 4.79 Å². The van der Waals surface area contributed by atoms with Crippen LogP contribution < -0.4 is 10.3 Å². The van der Waals surface area contributed by atoms with Crippen LogP contribution in [-0.2, 0) is 17.6 Å². The Balaban J connectivity index is 1.72. The fraction of sp³-hybridized carbons (Fsp3) is 0.200. The standard InChI is InChI=1S/C30H30ClN3O/c1-22-8-3-5-12-28(22)29(20-32-33-21-35)26(15-14-24-9-7-11-27(31)19-24)18-23(2)34-17-16-25-10-4-6-13-30(25)34/h3-13,19-21H,2,14-18H2,1H3,(H,33,35)/b29-26+,32-20-. The highest BCUT2D eigenvalue weighted by Crippen LogP contribution is 2.35. The molecule has 0 saturated carbocycles. The summed E-state index contributed by atoms with van der Waals surface area (Å²) in [5, 5.41) is 4.91. The van der Waals surface area contributed by atoms with E-state index in [1.54, 1.807) is 6.21 Å². The summed E-state index contributed by atoms with van der Waals surface area (Å²) in [6.07, 6.45) is 5.71. The Bertz CT molecular complexity index is 1280. The van der Waals surface area contributed by atoms with E-state index in [4.69, 9.17) is 11.6 Å². The number of carbonyl (C=O) groups is 1. The second kappa shape index (κ2) is 11.7. The Hall–Kier alpha value is -3.63. The number of hydrazone groups is 1. The maximum atomic E-state index is 10.9. The zero-order chi connectivity index (χ0) is 24.6. The minimum Gasteiger partial charge on any atom is -0.345 e. The average molecular weight is 484 g/mol. The minimum absolute atomic E-state index is 0.581. The van der Waals surface area contributed by atoms with Crippen LogP contribution in [0.5, 0.6) is 0 Å². The lowest BCUT2D eigenvalue weighted by Gasteiger charge is -2.24. The molecule has 1 aliphatic rings. The van der Waals surface area contributed by atoms with Crippen LogP contribution >= 0.6 is 11.6 Å². The number of aryl methyl sites for hydroxylation is 2. The van der Waals surface area contributed by atoms with Crippen LogP contribution in [0.3, 0.4) is 0 Å². The van der Waals surface area contributed by atoms with Gasteiger partial charge in [-0.15, -0.1) is 0 Å². The first kappa shape index (κ1) is 24.5. The Morgan fingerprint density at radius 2 is 1.91 bits per heavy atom. The number of nitrogens with one attached hydrogen (secondary N) is 1. The van der Waals surface area contributed by atoms with Gasteiger partial charge in [-0.25, -0.2) is 5.43 Å². The van der Waals surface area contributed by atoms with Crippen molar-refractivity contribution in [3.05, 3.63) is 118 Å². The molecular weight excluding hydrogens is 454 g/mol. The summed E-state index contributed by atoms with van der Waals surface area (Å²) >= 11 is 6.25. The third-order valence-electron chi connectivity index (χ3n) is 6.43. The summed E-state index contributed by atoms with van der Waals surface area (Å²) in [5.74, 6) is 0. The van der Waals surface area contributed by atoms with Gasteiger partial charge < -0.3 is 4.90 Å². The molecule has 0 atom stereocenters. The van der Waals surface area contributed by atoms with Crippen LogP contribution in [0.25, 0.3) is 5.57 Å². The maximum absolute atomic E-state index is 10.9. The fourth-order valence-corrected chi connectivity index (χ4v) is 4.89. The maximum Gasteiger partial charge on any atom is 0.227 e. The summed E-state index contributed by atoms with van der Waals surface area (Å²) in [6.45, 7) is 7.52. The van der Waals surface area contributed by atoms with Crippen LogP contribution in [0.4, 0.5) is 5.69 Å². The molecule has 4 rings (SSSR count). The van der Waals surface area contributed by atoms with Crippen molar-refractivity contribution in [3.8, 4) is 0 Å². The molecule has 0 bridgehead atoms. The molecule has 0 aromatic heterocycles. The number of halogens is 1. The largest absolute Gasteiger partial charge is 0.345 e. The predicted molar refractivity (Wildman–Crippen MR) is 147 cm³/mol. The number of rotatable bonds is 10. The molecule has 0 unspecified atom stereocenters. The SMILES string of the molecule is C=C(C/C(CCc1cccc(Cl)c1)=C(\C=N/NC=O)c1ccccc1C)N1CCc2ccccc21. The second-order valence-electron chi connectivity index (χ2n) is 8.74. The summed E-state index contributed by atoms with van der Waals surface area (Å²) in [6, 6.07) is 24.8. The van der Waals surface area contributed by atoms with Crippen molar-refractivity contribution < 1.29 is 4.79 Å². The van der Waals surface area contributed by atoms with Gasteiger partial charge in [-0.3, -0.25) is 4.79 Å². The first-order chi connectivity index (χ1) is 17.1. The van der Waals surface area contributed by atoms with Crippen molar-refractivity contribution in [2.45, 2.75) is 32.6 Å². The Morgan fingerprint density at radius 3 is 2.71 bits per heavy atom. The number of carbonyl (C=O) groups excluding carboxylic acids is 1. The Labute approximate surface area is 212 Å². The van der Waals surface area contributed by atoms with E-state index in [0.29, 0.717) is 12.8 Å². The van der Waals surface area contributed by atoms with Gasteiger partial charge in [0.05, 0.1) is 6.21 Å². The van der Waals surface area contributed by atoms with E-state index in [2.05, 4.69) is 71.4 Å². The van der Waals surface area contributed by atoms with Crippen molar-refractivity contribution >= 4 is 35.5 Å². The topological polar surface area (TPSA) is 44.7 Å². The Morgan fingerprint density at radius 1 is 1.11 bits per heavy atom. The molecule has 4 nitrogen and oxygen atoms in total. The van der Waals surface area contributed by atoms with E-state index in [1.165, 1.54) is 22.4 Å². The molecule has 0 fully saturated rings. The third-order valence-corrected chi connectivity index (χ3v) is 6.66. The molecule has 0 radical (unpaired) electrons. The molecule has 1 aliphatic heterocycles. The minimum atomic E-state index is 0.581. The summed E-state index contributed by atoms with van der Waals surface area (Å²) in [4.78, 5) is 13.2. The highest BCUT2D eigenvalue weighted by Gasteiger charge is 2.22. The van der Waals surface area contributed by atoms with E-state index in [-0.39, 0.29) is 0 Å². The normalized spacial score (nSPS) is 13.5. The van der Waals surface area contributed by atoms with E-state index in [1.807, 2.05) is 30.3 Å². The molecule has 3 aromatic carbocycles. The molecule has 1 heterocycles. The van der Waals surface area contributed by atoms with Crippen molar-refractivity contribution in [3.63, 3.8) is 0 Å². The number of hydrogen-bond acceptors (Lipinski definition) is 3. The van der Waals surface area contributed by atoms with Gasteiger partial charge in [-0.05, 0) is 66.6 Å². The molecule has 0 saturated heterocycles. The van der Waals surface area contributed by atoms with Gasteiger partial charge in [0.2, 0.25) is 6.41 Å². The third kappa shape index (κ3) is 6.09. The fourth-order valence-electron chi connectivity index (χ4n) is 4.67. The van der Waals surface area contributed by atoms with Crippen molar-refractivity contribution in [1.82, 2.24) is 5.43 Å². The van der Waals surface area contributed by atoms with Crippen LogP contribution in [0.1, 0.15) is 35.1 Å². The average Bonchev–Trinajstić information content (AvgIpc) is 3.30. The lowest BCUT2D eigenvalue weighted by Crippen LogP contribution is -2.19. The number of anilines is 1. The lowest BCUT2D eigenvalue weighted by molar-refractivity contribution is -0.109. The zero-order valence-corrected chi connectivity index (χ0v) is 20.8. The monoisotopic (exact) mass is 483 g/mol. The quantitative estimate of drug-likeness (QED) is 0.197. The molecule has 0 aliphatic carbocycles. The van der Waals surface area contributed by atoms with Gasteiger partial charge in [0.15, 0.2) is 0 Å². The number of benzene rings is 3. The highest BCUT2D eigenvalue weighted by atomic mass is 35.5. The number of nitrogens with zero attached hydrogens (tertiary/aromatic N) is 2. The van der Waals surface area contributed by atoms with Crippen molar-refractivity contribution in [2.75, 3.05) is 11.4 Å². The smallest absolute Gasteiger partial charge is 0.227 e. The van der Waals surface area contributed by atoms with E-state index in [0.717, 1.165) is 53.2 Å². The summed E-state index contributed by atoms with van der Waals surface area (Å²) < 4.78 is 0. The first-order valence-electron chi connectivity index (χ1n) is 11.8. The van der Waals surface area contributed by atoms with Gasteiger partial charge in [0.1, 0.15) is 0 Å². The molecular formula is C30H30ClN3O. The molecule has 5 heteroatoms. The van der Waals surface area contributed by atoms with Gasteiger partial charge in [-0.1, -0.05) is 78.4 Å². The van der Waals surface area contributed by atoms with Crippen molar-refractivity contribution in [2.24, 2.45) is 5.10 Å². The number of allylic oxidation sites excluding steroid dienone is 2. The number of hydrogen-bond donors (Lipinski definition) is 1. The molecule has 35 heavy (non-hydrogen) atoms. The molecule has 1 N–H and O–H groups in total. The molecule has 3 aromatic rings. The van der Waals surface area contributed by atoms with Crippen molar-refractivity contribution in [1.29, 1.82) is 0 Å². The highest BCUT2D eigenvalue weighted by molar-refractivity contribution is 6.30. The first-order valence-corrected chi connectivity index (χ1v) is 12.2. The summed E-state index contributed by atoms with van der Waals surface area (Å²) in [7, 11) is 0. The van der Waals surface area contributed by atoms with E-state index >= 15 is 0 Å². The number of amides is 1. The summed E-state index contributed by atoms with van der Waals surface area (Å²) in [5.41, 5.74) is 11.7. The lowest BCUT2D eigenvalue weighted by atomic mass is 9.90. The number of fused-ring (bicyclic) bond motifs is 1. The van der Waals surface area contributed by atoms with Gasteiger partial charge in [0.25, 0.3) is 0 Å². The Kier molecular flexibility index (Phi) is 8.17.